The summed E-state index contributed by atoms with van der Waals surface area (Å²) in [4.78, 5) is 38.6. The topological polar surface area (TPSA) is 94.9 Å². The highest BCUT2D eigenvalue weighted by molar-refractivity contribution is 7.10. The van der Waals surface area contributed by atoms with Crippen molar-refractivity contribution >= 4 is 29.1 Å². The predicted molar refractivity (Wildman–Crippen MR) is 127 cm³/mol. The molecular formula is C26H22F3NO5S. The van der Waals surface area contributed by atoms with E-state index in [-0.39, 0.29) is 30.5 Å². The first kappa shape index (κ1) is 25.6. The normalized spacial score (nSPS) is 15.2. The van der Waals surface area contributed by atoms with Crippen molar-refractivity contribution in [2.24, 2.45) is 5.92 Å². The second-order valence-electron chi connectivity index (χ2n) is 8.52. The molecule has 0 radical (unpaired) electrons. The number of carboxylic acid groups (broad SMARTS) is 1. The van der Waals surface area contributed by atoms with Crippen LogP contribution in [0.25, 0.3) is 11.1 Å². The second-order valence-corrected chi connectivity index (χ2v) is 9.52. The molecule has 0 aliphatic carbocycles. The molecule has 2 atom stereocenters. The molecule has 2 aromatic carbocycles. The van der Waals surface area contributed by atoms with Crippen LogP contribution in [0.1, 0.15) is 44.0 Å². The average Bonchev–Trinajstić information content (AvgIpc) is 3.41. The monoisotopic (exact) mass is 517 g/mol. The Hall–Kier alpha value is -3.50. The van der Waals surface area contributed by atoms with Crippen molar-refractivity contribution in [3.63, 3.8) is 0 Å². The van der Waals surface area contributed by atoms with Crippen LogP contribution in [0.5, 0.6) is 0 Å². The van der Waals surface area contributed by atoms with Gasteiger partial charge in [0.25, 0.3) is 11.8 Å². The Kier molecular flexibility index (Phi) is 7.28. The van der Waals surface area contributed by atoms with Crippen molar-refractivity contribution in [2.45, 2.75) is 31.5 Å². The molecule has 0 fully saturated rings. The number of carbonyl (C=O) groups excluding carboxylic acids is 2. The molecule has 1 aliphatic rings. The van der Waals surface area contributed by atoms with Gasteiger partial charge in [0.05, 0.1) is 28.7 Å². The number of imide groups is 1. The number of amides is 2. The molecule has 4 rings (SSSR count). The SMILES string of the molecule is O=C(O)C(CCN1C(=O)c2ccccc2C1=O)C(O)CCc1cc(-c2ccc(C(F)(F)F)cc2)cs1. The van der Waals surface area contributed by atoms with E-state index in [1.165, 1.54) is 23.5 Å². The summed E-state index contributed by atoms with van der Waals surface area (Å²) in [6.45, 7) is -0.128. The molecule has 0 spiro atoms. The summed E-state index contributed by atoms with van der Waals surface area (Å²) in [6, 6.07) is 13.0. The Labute approximate surface area is 208 Å². The Morgan fingerprint density at radius 3 is 2.11 bits per heavy atom. The maximum atomic E-state index is 12.8. The Morgan fingerprint density at radius 2 is 1.56 bits per heavy atom. The molecule has 6 nitrogen and oxygen atoms in total. The lowest BCUT2D eigenvalue weighted by Gasteiger charge is -2.21. The number of thiophene rings is 1. The molecule has 2 amide bonds. The molecule has 0 saturated carbocycles. The van der Waals surface area contributed by atoms with Gasteiger partial charge in [-0.2, -0.15) is 13.2 Å². The number of halogens is 3. The number of aliphatic hydroxyl groups excluding tert-OH is 1. The molecule has 36 heavy (non-hydrogen) atoms. The van der Waals surface area contributed by atoms with E-state index in [9.17, 15) is 37.8 Å². The van der Waals surface area contributed by atoms with Crippen molar-refractivity contribution in [2.75, 3.05) is 6.54 Å². The molecule has 2 unspecified atom stereocenters. The minimum absolute atomic E-state index is 0.0940. The summed E-state index contributed by atoms with van der Waals surface area (Å²) < 4.78 is 38.3. The van der Waals surface area contributed by atoms with Crippen molar-refractivity contribution in [1.82, 2.24) is 4.90 Å². The first-order valence-corrected chi connectivity index (χ1v) is 12.1. The zero-order valence-corrected chi connectivity index (χ0v) is 19.7. The molecule has 1 aliphatic heterocycles. The highest BCUT2D eigenvalue weighted by Crippen LogP contribution is 2.33. The number of aliphatic carboxylic acids is 1. The molecular weight excluding hydrogens is 495 g/mol. The molecule has 188 valence electrons. The van der Waals surface area contributed by atoms with Crippen LogP contribution in [-0.4, -0.2) is 45.5 Å². The van der Waals surface area contributed by atoms with E-state index < -0.39 is 41.5 Å². The maximum absolute atomic E-state index is 12.8. The Morgan fingerprint density at radius 1 is 0.944 bits per heavy atom. The number of hydrogen-bond donors (Lipinski definition) is 2. The predicted octanol–water partition coefficient (Wildman–Crippen LogP) is 5.11. The lowest BCUT2D eigenvalue weighted by molar-refractivity contribution is -0.146. The summed E-state index contributed by atoms with van der Waals surface area (Å²) in [5.41, 5.74) is 1.17. The number of aliphatic hydroxyl groups is 1. The molecule has 0 bridgehead atoms. The molecule has 2 N–H and O–H groups in total. The van der Waals surface area contributed by atoms with Crippen LogP contribution in [-0.2, 0) is 17.4 Å². The van der Waals surface area contributed by atoms with Crippen molar-refractivity contribution < 1.29 is 37.8 Å². The standard InChI is InChI=1S/C26H22F3NO5S/c27-26(28,29)17-7-5-15(6-8-17)16-13-18(36-14-16)9-10-22(31)21(25(34)35)11-12-30-23(32)19-3-1-2-4-20(19)24(30)33/h1-8,13-14,21-22,31H,9-12H2,(H,34,35). The molecule has 2 heterocycles. The van der Waals surface area contributed by atoms with Gasteiger partial charge in [-0.3, -0.25) is 19.3 Å². The van der Waals surface area contributed by atoms with Gasteiger partial charge in [-0.15, -0.1) is 11.3 Å². The van der Waals surface area contributed by atoms with Crippen LogP contribution in [0.3, 0.4) is 0 Å². The Balaban J connectivity index is 1.35. The minimum Gasteiger partial charge on any atom is -0.481 e. The van der Waals surface area contributed by atoms with Gasteiger partial charge in [-0.25, -0.2) is 0 Å². The van der Waals surface area contributed by atoms with Crippen LogP contribution in [0.4, 0.5) is 13.2 Å². The second kappa shape index (κ2) is 10.2. The number of fused-ring (bicyclic) bond motifs is 1. The van der Waals surface area contributed by atoms with Gasteiger partial charge in [-0.05, 0) is 66.1 Å². The lowest BCUT2D eigenvalue weighted by atomic mass is 9.94. The van der Waals surface area contributed by atoms with Crippen molar-refractivity contribution in [1.29, 1.82) is 0 Å². The number of carbonyl (C=O) groups is 3. The fourth-order valence-corrected chi connectivity index (χ4v) is 5.11. The number of rotatable bonds is 9. The number of aryl methyl sites for hydroxylation is 1. The third-order valence-corrected chi connectivity index (χ3v) is 7.21. The third-order valence-electron chi connectivity index (χ3n) is 6.21. The van der Waals surface area contributed by atoms with E-state index in [1.54, 1.807) is 35.7 Å². The van der Waals surface area contributed by atoms with E-state index >= 15 is 0 Å². The summed E-state index contributed by atoms with van der Waals surface area (Å²) in [6.07, 6.45) is -5.22. The van der Waals surface area contributed by atoms with Gasteiger partial charge in [0.15, 0.2) is 0 Å². The molecule has 10 heteroatoms. The molecule has 3 aromatic rings. The zero-order valence-electron chi connectivity index (χ0n) is 18.9. The van der Waals surface area contributed by atoms with Crippen LogP contribution >= 0.6 is 11.3 Å². The molecule has 0 saturated heterocycles. The third kappa shape index (κ3) is 5.34. The lowest BCUT2D eigenvalue weighted by Crippen LogP contribution is -2.36. The molecule has 1 aromatic heterocycles. The van der Waals surface area contributed by atoms with Crippen LogP contribution in [0.15, 0.2) is 60.0 Å². The number of hydrogen-bond acceptors (Lipinski definition) is 5. The first-order valence-electron chi connectivity index (χ1n) is 11.2. The van der Waals surface area contributed by atoms with Crippen LogP contribution in [0.2, 0.25) is 0 Å². The van der Waals surface area contributed by atoms with Gasteiger partial charge in [0.2, 0.25) is 0 Å². The van der Waals surface area contributed by atoms with Crippen LogP contribution in [0, 0.1) is 5.92 Å². The fourth-order valence-electron chi connectivity index (χ4n) is 4.20. The van der Waals surface area contributed by atoms with Gasteiger partial charge in [0, 0.05) is 11.4 Å². The smallest absolute Gasteiger partial charge is 0.416 e. The number of benzene rings is 2. The zero-order chi connectivity index (χ0) is 26.0. The quantitative estimate of drug-likeness (QED) is 0.385. The number of alkyl halides is 3. The highest BCUT2D eigenvalue weighted by Gasteiger charge is 2.36. The summed E-state index contributed by atoms with van der Waals surface area (Å²) in [7, 11) is 0. The van der Waals surface area contributed by atoms with Crippen LogP contribution < -0.4 is 0 Å². The van der Waals surface area contributed by atoms with E-state index in [4.69, 9.17) is 0 Å². The van der Waals surface area contributed by atoms with E-state index in [0.717, 1.165) is 27.5 Å². The first-order chi connectivity index (χ1) is 17.1. The summed E-state index contributed by atoms with van der Waals surface area (Å²) in [5, 5.41) is 22.0. The van der Waals surface area contributed by atoms with Crippen molar-refractivity contribution in [3.8, 4) is 11.1 Å². The van der Waals surface area contributed by atoms with Gasteiger partial charge in [0.1, 0.15) is 0 Å². The largest absolute Gasteiger partial charge is 0.481 e. The summed E-state index contributed by atoms with van der Waals surface area (Å²) in [5.74, 6) is -3.37. The maximum Gasteiger partial charge on any atom is 0.416 e. The Bertz CT molecular complexity index is 1250. The number of carboxylic acids is 1. The van der Waals surface area contributed by atoms with Gasteiger partial charge < -0.3 is 10.2 Å². The van der Waals surface area contributed by atoms with Crippen molar-refractivity contribution in [3.05, 3.63) is 81.5 Å². The van der Waals surface area contributed by atoms with E-state index in [2.05, 4.69) is 0 Å². The summed E-state index contributed by atoms with van der Waals surface area (Å²) >= 11 is 1.37. The number of nitrogens with zero attached hydrogens (tertiary/aromatic N) is 1. The minimum atomic E-state index is -4.41. The van der Waals surface area contributed by atoms with E-state index in [1.807, 2.05) is 0 Å². The highest BCUT2D eigenvalue weighted by atomic mass is 32.1. The average molecular weight is 518 g/mol. The van der Waals surface area contributed by atoms with E-state index in [0.29, 0.717) is 12.0 Å². The van der Waals surface area contributed by atoms with Gasteiger partial charge in [-0.1, -0.05) is 24.3 Å². The fraction of sp³-hybridized carbons (Fsp3) is 0.269. The van der Waals surface area contributed by atoms with Gasteiger partial charge >= 0.3 is 12.1 Å².